The summed E-state index contributed by atoms with van der Waals surface area (Å²) in [6, 6.07) is 2.74. The number of piperidine rings is 1. The summed E-state index contributed by atoms with van der Waals surface area (Å²) in [6.07, 6.45) is 1.64. The normalized spacial score (nSPS) is 18.1. The molecule has 6 heteroatoms. The van der Waals surface area contributed by atoms with Gasteiger partial charge in [0, 0.05) is 37.7 Å². The highest BCUT2D eigenvalue weighted by molar-refractivity contribution is 6.42. The van der Waals surface area contributed by atoms with Gasteiger partial charge in [-0.15, -0.1) is 0 Å². The summed E-state index contributed by atoms with van der Waals surface area (Å²) >= 11 is 11.8. The van der Waals surface area contributed by atoms with Crippen LogP contribution in [0.4, 0.5) is 0 Å². The molecule has 1 fully saturated rings. The molecular formula is C14H18Cl2N2O2. The number of halogens is 2. The molecule has 1 heterocycles. The van der Waals surface area contributed by atoms with Crippen LogP contribution in [0.25, 0.3) is 0 Å². The molecule has 0 aromatic heterocycles. The predicted molar refractivity (Wildman–Crippen MR) is 80.0 cm³/mol. The number of phenols is 1. The number of hydrogen-bond donors (Lipinski definition) is 2. The quantitative estimate of drug-likeness (QED) is 0.881. The Balaban J connectivity index is 2.11. The van der Waals surface area contributed by atoms with Crippen molar-refractivity contribution in [3.63, 3.8) is 0 Å². The Kier molecular flexibility index (Phi) is 4.78. The van der Waals surface area contributed by atoms with Gasteiger partial charge in [0.25, 0.3) is 0 Å². The number of phenolic OH excluding ortho intramolecular Hbond substituents is 1. The molecule has 1 atom stereocenters. The minimum atomic E-state index is -0.307. The average Bonchev–Trinajstić information content (AvgIpc) is 2.42. The van der Waals surface area contributed by atoms with E-state index in [-0.39, 0.29) is 23.6 Å². The number of hydrogen-bond acceptors (Lipinski definition) is 3. The Bertz CT molecular complexity index is 514. The molecule has 1 aliphatic heterocycles. The van der Waals surface area contributed by atoms with E-state index >= 15 is 0 Å². The Hall–Kier alpha value is -0.970. The van der Waals surface area contributed by atoms with Gasteiger partial charge in [0.05, 0.1) is 10.0 Å². The lowest BCUT2D eigenvalue weighted by Gasteiger charge is -2.34. The molecule has 0 spiro atoms. The number of aromatic hydroxyl groups is 1. The Morgan fingerprint density at radius 1 is 1.35 bits per heavy atom. The van der Waals surface area contributed by atoms with Crippen molar-refractivity contribution in [1.29, 1.82) is 0 Å². The third kappa shape index (κ3) is 3.19. The third-order valence-electron chi connectivity index (χ3n) is 3.92. The summed E-state index contributed by atoms with van der Waals surface area (Å²) in [5.74, 6) is 0.379. The van der Waals surface area contributed by atoms with Gasteiger partial charge in [-0.2, -0.15) is 0 Å². The Labute approximate surface area is 128 Å². The van der Waals surface area contributed by atoms with Gasteiger partial charge in [-0.05, 0) is 24.8 Å². The highest BCUT2D eigenvalue weighted by atomic mass is 35.5. The molecule has 0 saturated carbocycles. The molecule has 0 bridgehead atoms. The van der Waals surface area contributed by atoms with Crippen LogP contribution >= 0.6 is 23.2 Å². The standard InChI is InChI=1S/C14H18Cl2N2O2/c1-8(19)18-4-2-9(3-5-18)14(17)10-6-11(15)12(16)7-13(10)20/h6-7,9,14,20H,2-5,17H2,1H3/t14-/m0/s1. The molecule has 1 aromatic rings. The zero-order valence-electron chi connectivity index (χ0n) is 11.3. The summed E-state index contributed by atoms with van der Waals surface area (Å²) in [5, 5.41) is 10.7. The number of carbonyl (C=O) groups is 1. The second-order valence-electron chi connectivity index (χ2n) is 5.19. The van der Waals surface area contributed by atoms with Crippen LogP contribution < -0.4 is 5.73 Å². The van der Waals surface area contributed by atoms with Crippen LogP contribution in [0.1, 0.15) is 31.4 Å². The maximum Gasteiger partial charge on any atom is 0.219 e. The molecule has 20 heavy (non-hydrogen) atoms. The molecule has 1 aromatic carbocycles. The third-order valence-corrected chi connectivity index (χ3v) is 4.64. The number of rotatable bonds is 2. The molecule has 1 aliphatic rings. The summed E-state index contributed by atoms with van der Waals surface area (Å²) in [4.78, 5) is 13.1. The van der Waals surface area contributed by atoms with Gasteiger partial charge < -0.3 is 15.7 Å². The van der Waals surface area contributed by atoms with E-state index in [2.05, 4.69) is 0 Å². The van der Waals surface area contributed by atoms with Crippen molar-refractivity contribution >= 4 is 29.1 Å². The molecule has 1 amide bonds. The van der Waals surface area contributed by atoms with Crippen molar-refractivity contribution < 1.29 is 9.90 Å². The lowest BCUT2D eigenvalue weighted by molar-refractivity contribution is -0.130. The molecule has 0 radical (unpaired) electrons. The van der Waals surface area contributed by atoms with E-state index in [1.807, 2.05) is 4.90 Å². The summed E-state index contributed by atoms with van der Waals surface area (Å²) in [7, 11) is 0. The number of nitrogens with two attached hydrogens (primary N) is 1. The van der Waals surface area contributed by atoms with E-state index in [4.69, 9.17) is 28.9 Å². The molecule has 0 aliphatic carbocycles. The lowest BCUT2D eigenvalue weighted by Crippen LogP contribution is -2.39. The van der Waals surface area contributed by atoms with Crippen LogP contribution in [0.3, 0.4) is 0 Å². The van der Waals surface area contributed by atoms with Crippen LogP contribution in [0.2, 0.25) is 10.0 Å². The topological polar surface area (TPSA) is 66.6 Å². The smallest absolute Gasteiger partial charge is 0.219 e. The second-order valence-corrected chi connectivity index (χ2v) is 6.01. The summed E-state index contributed by atoms with van der Waals surface area (Å²) in [6.45, 7) is 2.98. The highest BCUT2D eigenvalue weighted by Crippen LogP contribution is 2.37. The van der Waals surface area contributed by atoms with Gasteiger partial charge in [0.1, 0.15) is 5.75 Å². The molecule has 2 rings (SSSR count). The van der Waals surface area contributed by atoms with Crippen molar-refractivity contribution in [2.75, 3.05) is 13.1 Å². The fraction of sp³-hybridized carbons (Fsp3) is 0.500. The van der Waals surface area contributed by atoms with Crippen LogP contribution in [-0.4, -0.2) is 29.0 Å². The number of amides is 1. The molecule has 3 N–H and O–H groups in total. The highest BCUT2D eigenvalue weighted by Gasteiger charge is 2.28. The fourth-order valence-corrected chi connectivity index (χ4v) is 2.98. The van der Waals surface area contributed by atoms with E-state index in [1.54, 1.807) is 13.0 Å². The fourth-order valence-electron chi connectivity index (χ4n) is 2.65. The Morgan fingerprint density at radius 2 is 1.90 bits per heavy atom. The van der Waals surface area contributed by atoms with Crippen molar-refractivity contribution in [1.82, 2.24) is 4.90 Å². The minimum absolute atomic E-state index is 0.0703. The number of benzene rings is 1. The van der Waals surface area contributed by atoms with Crippen LogP contribution in [-0.2, 0) is 4.79 Å². The van der Waals surface area contributed by atoms with Crippen molar-refractivity contribution in [3.05, 3.63) is 27.7 Å². The maximum atomic E-state index is 11.3. The van der Waals surface area contributed by atoms with Crippen LogP contribution in [0.15, 0.2) is 12.1 Å². The van der Waals surface area contributed by atoms with Crippen molar-refractivity contribution in [2.45, 2.75) is 25.8 Å². The van der Waals surface area contributed by atoms with E-state index in [0.717, 1.165) is 12.8 Å². The first kappa shape index (κ1) is 15.4. The van der Waals surface area contributed by atoms with Crippen LogP contribution in [0, 0.1) is 5.92 Å². The van der Waals surface area contributed by atoms with Crippen molar-refractivity contribution in [3.8, 4) is 5.75 Å². The predicted octanol–water partition coefficient (Wildman–Crippen LogP) is 2.96. The minimum Gasteiger partial charge on any atom is -0.508 e. The summed E-state index contributed by atoms with van der Waals surface area (Å²) < 4.78 is 0. The zero-order valence-corrected chi connectivity index (χ0v) is 12.8. The number of carbonyl (C=O) groups excluding carboxylic acids is 1. The van der Waals surface area contributed by atoms with Gasteiger partial charge >= 0.3 is 0 Å². The van der Waals surface area contributed by atoms with Gasteiger partial charge in [0.15, 0.2) is 0 Å². The van der Waals surface area contributed by atoms with Gasteiger partial charge in [0.2, 0.25) is 5.91 Å². The van der Waals surface area contributed by atoms with E-state index in [9.17, 15) is 9.90 Å². The first-order valence-electron chi connectivity index (χ1n) is 6.59. The SMILES string of the molecule is CC(=O)N1CCC([C@H](N)c2cc(Cl)c(Cl)cc2O)CC1. The summed E-state index contributed by atoms with van der Waals surface area (Å²) in [5.41, 5.74) is 6.86. The monoisotopic (exact) mass is 316 g/mol. The Morgan fingerprint density at radius 3 is 2.45 bits per heavy atom. The molecular weight excluding hydrogens is 299 g/mol. The van der Waals surface area contributed by atoms with Gasteiger partial charge in [-0.3, -0.25) is 4.79 Å². The molecule has 1 saturated heterocycles. The van der Waals surface area contributed by atoms with E-state index in [0.29, 0.717) is 28.7 Å². The molecule has 0 unspecified atom stereocenters. The number of likely N-dealkylation sites (tertiary alicyclic amines) is 1. The average molecular weight is 317 g/mol. The molecule has 4 nitrogen and oxygen atoms in total. The largest absolute Gasteiger partial charge is 0.508 e. The van der Waals surface area contributed by atoms with Crippen molar-refractivity contribution in [2.24, 2.45) is 11.7 Å². The lowest BCUT2D eigenvalue weighted by atomic mass is 9.85. The second kappa shape index (κ2) is 6.20. The zero-order chi connectivity index (χ0) is 14.9. The maximum absolute atomic E-state index is 11.3. The van der Waals surface area contributed by atoms with Gasteiger partial charge in [-0.1, -0.05) is 23.2 Å². The molecule has 110 valence electrons. The van der Waals surface area contributed by atoms with Crippen LogP contribution in [0.5, 0.6) is 5.75 Å². The van der Waals surface area contributed by atoms with E-state index in [1.165, 1.54) is 6.07 Å². The van der Waals surface area contributed by atoms with Gasteiger partial charge in [-0.25, -0.2) is 0 Å². The van der Waals surface area contributed by atoms with E-state index < -0.39 is 0 Å². The first-order chi connectivity index (χ1) is 9.40. The first-order valence-corrected chi connectivity index (χ1v) is 7.34. The number of nitrogens with zero attached hydrogens (tertiary/aromatic N) is 1.